The van der Waals surface area contributed by atoms with E-state index in [1.54, 1.807) is 18.1 Å². The fourth-order valence-corrected chi connectivity index (χ4v) is 2.81. The van der Waals surface area contributed by atoms with Gasteiger partial charge >= 0.3 is 0 Å². The van der Waals surface area contributed by atoms with Crippen LogP contribution in [0.3, 0.4) is 0 Å². The number of furan rings is 1. The molecule has 1 aliphatic rings. The molecule has 1 aliphatic heterocycles. The average Bonchev–Trinajstić information content (AvgIpc) is 3.06. The number of aromatic nitrogens is 2. The number of amides is 1. The first kappa shape index (κ1) is 14.8. The van der Waals surface area contributed by atoms with E-state index in [1.165, 1.54) is 5.69 Å². The van der Waals surface area contributed by atoms with Crippen LogP contribution in [0.4, 0.5) is 0 Å². The molecule has 0 saturated heterocycles. The number of hydrogen-bond acceptors (Lipinski definition) is 4. The standard InChI is InChI=1S/C16H22N4O2/c1-13(21)18(2)10-15-16-11-19(9-14-5-3-8-22-14)6-4-7-20(16)12-17-15/h3,5,8,12H,4,6-7,9-11H2,1-2H3. The fraction of sp³-hybridized carbons (Fsp3) is 0.500. The predicted molar refractivity (Wildman–Crippen MR) is 81.8 cm³/mol. The molecule has 0 fully saturated rings. The molecule has 6 heteroatoms. The van der Waals surface area contributed by atoms with Gasteiger partial charge in [0.25, 0.3) is 0 Å². The highest BCUT2D eigenvalue weighted by Crippen LogP contribution is 2.19. The molecule has 6 nitrogen and oxygen atoms in total. The fourth-order valence-electron chi connectivity index (χ4n) is 2.81. The average molecular weight is 302 g/mol. The van der Waals surface area contributed by atoms with Crippen molar-refractivity contribution in [2.75, 3.05) is 13.6 Å². The van der Waals surface area contributed by atoms with Crippen LogP contribution in [0.5, 0.6) is 0 Å². The van der Waals surface area contributed by atoms with Crippen molar-refractivity contribution >= 4 is 5.91 Å². The molecule has 0 radical (unpaired) electrons. The first-order valence-electron chi connectivity index (χ1n) is 7.63. The lowest BCUT2D eigenvalue weighted by molar-refractivity contribution is -0.128. The maximum Gasteiger partial charge on any atom is 0.219 e. The largest absolute Gasteiger partial charge is 0.468 e. The van der Waals surface area contributed by atoms with Crippen LogP contribution in [-0.4, -0.2) is 38.9 Å². The second kappa shape index (κ2) is 6.36. The lowest BCUT2D eigenvalue weighted by Gasteiger charge is -2.20. The van der Waals surface area contributed by atoms with Gasteiger partial charge in [-0.15, -0.1) is 0 Å². The monoisotopic (exact) mass is 302 g/mol. The van der Waals surface area contributed by atoms with Crippen LogP contribution in [0.2, 0.25) is 0 Å². The summed E-state index contributed by atoms with van der Waals surface area (Å²) in [7, 11) is 1.81. The zero-order valence-electron chi connectivity index (χ0n) is 13.2. The molecular formula is C16H22N4O2. The Bertz CT molecular complexity index is 633. The number of aryl methyl sites for hydroxylation is 1. The Balaban J connectivity index is 1.76. The summed E-state index contributed by atoms with van der Waals surface area (Å²) in [5, 5.41) is 0. The van der Waals surface area contributed by atoms with E-state index < -0.39 is 0 Å². The molecule has 0 atom stereocenters. The molecule has 0 bridgehead atoms. The summed E-state index contributed by atoms with van der Waals surface area (Å²) < 4.78 is 7.67. The van der Waals surface area contributed by atoms with Crippen LogP contribution >= 0.6 is 0 Å². The van der Waals surface area contributed by atoms with Gasteiger partial charge in [0.1, 0.15) is 5.76 Å². The van der Waals surface area contributed by atoms with Gasteiger partial charge in [-0.2, -0.15) is 0 Å². The van der Waals surface area contributed by atoms with Crippen LogP contribution < -0.4 is 0 Å². The van der Waals surface area contributed by atoms with Gasteiger partial charge in [-0.05, 0) is 18.6 Å². The van der Waals surface area contributed by atoms with E-state index in [1.807, 2.05) is 25.5 Å². The van der Waals surface area contributed by atoms with Gasteiger partial charge in [-0.3, -0.25) is 9.69 Å². The summed E-state index contributed by atoms with van der Waals surface area (Å²) in [5.74, 6) is 1.04. The summed E-state index contributed by atoms with van der Waals surface area (Å²) in [5.41, 5.74) is 2.20. The number of carbonyl (C=O) groups excluding carboxylic acids is 1. The van der Waals surface area contributed by atoms with Gasteiger partial charge in [0.05, 0.1) is 37.1 Å². The smallest absolute Gasteiger partial charge is 0.219 e. The molecular weight excluding hydrogens is 280 g/mol. The number of hydrogen-bond donors (Lipinski definition) is 0. The van der Waals surface area contributed by atoms with Crippen molar-refractivity contribution < 1.29 is 9.21 Å². The maximum absolute atomic E-state index is 11.5. The molecule has 0 spiro atoms. The van der Waals surface area contributed by atoms with Crippen LogP contribution in [0.15, 0.2) is 29.1 Å². The lowest BCUT2D eigenvalue weighted by Crippen LogP contribution is -2.26. The third kappa shape index (κ3) is 3.22. The second-order valence-electron chi connectivity index (χ2n) is 5.85. The molecule has 118 valence electrons. The molecule has 2 aromatic heterocycles. The molecule has 0 saturated carbocycles. The first-order valence-corrected chi connectivity index (χ1v) is 7.63. The van der Waals surface area contributed by atoms with Crippen molar-refractivity contribution in [1.82, 2.24) is 19.4 Å². The van der Waals surface area contributed by atoms with E-state index in [2.05, 4.69) is 14.5 Å². The van der Waals surface area contributed by atoms with Gasteiger partial charge in [0.2, 0.25) is 5.91 Å². The van der Waals surface area contributed by atoms with Crippen molar-refractivity contribution in [3.05, 3.63) is 41.9 Å². The van der Waals surface area contributed by atoms with E-state index in [0.29, 0.717) is 6.54 Å². The minimum atomic E-state index is 0.0582. The summed E-state index contributed by atoms with van der Waals surface area (Å²) >= 11 is 0. The Morgan fingerprint density at radius 3 is 3.05 bits per heavy atom. The molecule has 0 unspecified atom stereocenters. The van der Waals surface area contributed by atoms with E-state index in [-0.39, 0.29) is 5.91 Å². The number of imidazole rings is 1. The third-order valence-corrected chi connectivity index (χ3v) is 4.16. The SMILES string of the molecule is CC(=O)N(C)Cc1ncn2c1CN(Cc1ccco1)CCC2. The van der Waals surface area contributed by atoms with E-state index in [4.69, 9.17) is 4.42 Å². The quantitative estimate of drug-likeness (QED) is 0.865. The highest BCUT2D eigenvalue weighted by Gasteiger charge is 2.20. The Kier molecular flexibility index (Phi) is 4.29. The molecule has 0 aliphatic carbocycles. The van der Waals surface area contributed by atoms with Crippen molar-refractivity contribution in [3.8, 4) is 0 Å². The number of fused-ring (bicyclic) bond motifs is 1. The molecule has 3 heterocycles. The van der Waals surface area contributed by atoms with Crippen LogP contribution in [0.1, 0.15) is 30.5 Å². The maximum atomic E-state index is 11.5. The van der Waals surface area contributed by atoms with E-state index in [0.717, 1.165) is 44.1 Å². The van der Waals surface area contributed by atoms with Crippen molar-refractivity contribution in [1.29, 1.82) is 0 Å². The topological polar surface area (TPSA) is 54.5 Å². The van der Waals surface area contributed by atoms with Gasteiger partial charge in [0.15, 0.2) is 0 Å². The molecule has 1 amide bonds. The zero-order chi connectivity index (χ0) is 15.5. The normalized spacial score (nSPS) is 15.4. The highest BCUT2D eigenvalue weighted by molar-refractivity contribution is 5.72. The van der Waals surface area contributed by atoms with Crippen LogP contribution in [0, 0.1) is 0 Å². The Morgan fingerprint density at radius 2 is 2.32 bits per heavy atom. The van der Waals surface area contributed by atoms with Crippen molar-refractivity contribution in [2.45, 2.75) is 39.5 Å². The van der Waals surface area contributed by atoms with E-state index in [9.17, 15) is 4.79 Å². The van der Waals surface area contributed by atoms with Crippen LogP contribution in [-0.2, 0) is 31.0 Å². The number of carbonyl (C=O) groups is 1. The van der Waals surface area contributed by atoms with Crippen molar-refractivity contribution in [3.63, 3.8) is 0 Å². The summed E-state index contributed by atoms with van der Waals surface area (Å²) in [6, 6.07) is 3.93. The summed E-state index contributed by atoms with van der Waals surface area (Å²) in [4.78, 5) is 20.0. The predicted octanol–water partition coefficient (Wildman–Crippen LogP) is 1.86. The van der Waals surface area contributed by atoms with Gasteiger partial charge in [-0.25, -0.2) is 4.98 Å². The second-order valence-corrected chi connectivity index (χ2v) is 5.85. The Hall–Kier alpha value is -2.08. The summed E-state index contributed by atoms with van der Waals surface area (Å²) in [6.45, 7) is 5.79. The first-order chi connectivity index (χ1) is 10.6. The minimum Gasteiger partial charge on any atom is -0.468 e. The molecule has 0 N–H and O–H groups in total. The summed E-state index contributed by atoms with van der Waals surface area (Å²) in [6.07, 6.45) is 4.70. The van der Waals surface area contributed by atoms with Gasteiger partial charge in [-0.1, -0.05) is 0 Å². The van der Waals surface area contributed by atoms with Gasteiger partial charge in [0, 0.05) is 33.6 Å². The molecule has 2 aromatic rings. The number of nitrogens with zero attached hydrogens (tertiary/aromatic N) is 4. The zero-order valence-corrected chi connectivity index (χ0v) is 13.2. The Labute approximate surface area is 130 Å². The highest BCUT2D eigenvalue weighted by atomic mass is 16.3. The minimum absolute atomic E-state index is 0.0582. The molecule has 22 heavy (non-hydrogen) atoms. The third-order valence-electron chi connectivity index (χ3n) is 4.16. The van der Waals surface area contributed by atoms with E-state index >= 15 is 0 Å². The van der Waals surface area contributed by atoms with Crippen molar-refractivity contribution in [2.24, 2.45) is 0 Å². The number of rotatable bonds is 4. The lowest BCUT2D eigenvalue weighted by atomic mass is 10.2. The molecule has 0 aromatic carbocycles. The Morgan fingerprint density at radius 1 is 1.45 bits per heavy atom. The molecule has 3 rings (SSSR count). The van der Waals surface area contributed by atoms with Gasteiger partial charge < -0.3 is 13.9 Å². The van der Waals surface area contributed by atoms with Crippen LogP contribution in [0.25, 0.3) is 0 Å².